The molecule has 0 aliphatic rings. The maximum atomic E-state index is 14.6. The fourth-order valence-electron chi connectivity index (χ4n) is 2.09. The van der Waals surface area contributed by atoms with Crippen molar-refractivity contribution in [2.75, 3.05) is 18.6 Å². The first-order chi connectivity index (χ1) is 10.7. The second kappa shape index (κ2) is 7.84. The zero-order valence-electron chi connectivity index (χ0n) is 13.8. The van der Waals surface area contributed by atoms with Gasteiger partial charge in [-0.25, -0.2) is 9.18 Å². The average Bonchev–Trinajstić information content (AvgIpc) is 2.44. The molecule has 2 N–H and O–H groups in total. The predicted molar refractivity (Wildman–Crippen MR) is 86.4 cm³/mol. The summed E-state index contributed by atoms with van der Waals surface area (Å²) in [4.78, 5) is 12.6. The van der Waals surface area contributed by atoms with Gasteiger partial charge < -0.3 is 14.9 Å². The highest BCUT2D eigenvalue weighted by Gasteiger charge is 2.31. The number of methoxy groups -OCH3 is 1. The average molecular weight is 323 g/mol. The van der Waals surface area contributed by atoms with E-state index in [4.69, 9.17) is 9.84 Å². The molecule has 0 unspecified atom stereocenters. The Kier molecular flexibility index (Phi) is 6.40. The number of hydrogen-bond donors (Lipinski definition) is 2. The number of benzene rings is 1. The largest absolute Gasteiger partial charge is 0.492 e. The van der Waals surface area contributed by atoms with Crippen molar-refractivity contribution in [3.8, 4) is 17.6 Å². The number of aliphatic hydroxyl groups is 1. The summed E-state index contributed by atoms with van der Waals surface area (Å²) < 4.78 is 19.6. The third-order valence-electron chi connectivity index (χ3n) is 3.07. The molecule has 0 saturated carbocycles. The lowest BCUT2D eigenvalue weighted by molar-refractivity contribution is 0.195. The van der Waals surface area contributed by atoms with Crippen LogP contribution in [0.4, 0.5) is 14.9 Å². The second-order valence-corrected chi connectivity index (χ2v) is 5.90. The van der Waals surface area contributed by atoms with Gasteiger partial charge in [0, 0.05) is 18.6 Å². The Hall–Kier alpha value is -2.26. The number of ether oxygens (including phenoxy) is 1. The maximum Gasteiger partial charge on any atom is 0.412 e. The van der Waals surface area contributed by atoms with Crippen LogP contribution in [0.5, 0.6) is 5.75 Å². The third kappa shape index (κ3) is 4.60. The Morgan fingerprint density at radius 1 is 1.39 bits per heavy atom. The first kappa shape index (κ1) is 18.8. The molecular weight excluding hydrogens is 301 g/mol. The molecule has 126 valence electrons. The summed E-state index contributed by atoms with van der Waals surface area (Å²) in [6.45, 7) is 5.15. The minimum atomic E-state index is -1.20. The zero-order valence-corrected chi connectivity index (χ0v) is 13.8. The molecule has 0 aliphatic heterocycles. The number of halogens is 1. The molecular formula is C17H22FNO4. The van der Waals surface area contributed by atoms with Gasteiger partial charge in [-0.05, 0) is 39.3 Å². The Morgan fingerprint density at radius 2 is 2.04 bits per heavy atom. The molecule has 1 rings (SSSR count). The Labute approximate surface area is 135 Å². The molecule has 5 nitrogen and oxygen atoms in total. The van der Waals surface area contributed by atoms with Crippen LogP contribution >= 0.6 is 0 Å². The van der Waals surface area contributed by atoms with E-state index in [2.05, 4.69) is 11.8 Å². The fourth-order valence-corrected chi connectivity index (χ4v) is 2.09. The fraction of sp³-hybridized carbons (Fsp3) is 0.471. The molecule has 0 saturated heterocycles. The van der Waals surface area contributed by atoms with Crippen LogP contribution < -0.4 is 9.64 Å². The monoisotopic (exact) mass is 323 g/mol. The summed E-state index contributed by atoms with van der Waals surface area (Å²) in [7, 11) is 1.29. The van der Waals surface area contributed by atoms with Gasteiger partial charge >= 0.3 is 6.09 Å². The van der Waals surface area contributed by atoms with Gasteiger partial charge in [0.25, 0.3) is 0 Å². The molecule has 0 aliphatic carbocycles. The first-order valence-corrected chi connectivity index (χ1v) is 7.23. The molecule has 0 fully saturated rings. The van der Waals surface area contributed by atoms with Crippen molar-refractivity contribution >= 4 is 11.8 Å². The Morgan fingerprint density at radius 3 is 2.52 bits per heavy atom. The summed E-state index contributed by atoms with van der Waals surface area (Å²) >= 11 is 0. The van der Waals surface area contributed by atoms with E-state index in [9.17, 15) is 14.3 Å². The van der Waals surface area contributed by atoms with E-state index in [-0.39, 0.29) is 23.6 Å². The number of hydrogen-bond acceptors (Lipinski definition) is 3. The van der Waals surface area contributed by atoms with Crippen molar-refractivity contribution in [1.29, 1.82) is 0 Å². The SMILES string of the molecule is COc1c(N(C(=O)O)C(C)(C)C)ccc(C#CCCCO)c1F. The lowest BCUT2D eigenvalue weighted by Crippen LogP contribution is -2.45. The minimum Gasteiger partial charge on any atom is -0.492 e. The van der Waals surface area contributed by atoms with Crippen molar-refractivity contribution < 1.29 is 24.1 Å². The molecule has 0 heterocycles. The molecule has 0 spiro atoms. The van der Waals surface area contributed by atoms with E-state index in [1.807, 2.05) is 0 Å². The van der Waals surface area contributed by atoms with Gasteiger partial charge in [0.05, 0.1) is 18.4 Å². The van der Waals surface area contributed by atoms with Crippen LogP contribution in [0, 0.1) is 17.7 Å². The van der Waals surface area contributed by atoms with E-state index >= 15 is 0 Å². The maximum absolute atomic E-state index is 14.6. The van der Waals surface area contributed by atoms with Crippen molar-refractivity contribution in [2.24, 2.45) is 0 Å². The smallest absolute Gasteiger partial charge is 0.412 e. The van der Waals surface area contributed by atoms with Crippen LogP contribution in [0.1, 0.15) is 39.2 Å². The van der Waals surface area contributed by atoms with E-state index in [1.165, 1.54) is 19.2 Å². The zero-order chi connectivity index (χ0) is 17.6. The number of carbonyl (C=O) groups is 1. The van der Waals surface area contributed by atoms with Crippen molar-refractivity contribution in [3.63, 3.8) is 0 Å². The topological polar surface area (TPSA) is 70.0 Å². The van der Waals surface area contributed by atoms with Gasteiger partial charge in [-0.3, -0.25) is 4.90 Å². The van der Waals surface area contributed by atoms with E-state index in [0.717, 1.165) is 4.90 Å². The Balaban J connectivity index is 3.34. The van der Waals surface area contributed by atoms with Crippen LogP contribution in [0.3, 0.4) is 0 Å². The highest BCUT2D eigenvalue weighted by molar-refractivity contribution is 5.90. The number of amides is 1. The number of nitrogens with zero attached hydrogens (tertiary/aromatic N) is 1. The highest BCUT2D eigenvalue weighted by Crippen LogP contribution is 2.36. The molecule has 0 atom stereocenters. The van der Waals surface area contributed by atoms with Gasteiger partial charge in [-0.15, -0.1) is 0 Å². The molecule has 6 heteroatoms. The van der Waals surface area contributed by atoms with Crippen molar-refractivity contribution in [3.05, 3.63) is 23.5 Å². The van der Waals surface area contributed by atoms with E-state index in [0.29, 0.717) is 12.8 Å². The number of aliphatic hydroxyl groups excluding tert-OH is 1. The number of unbranched alkanes of at least 4 members (excludes halogenated alkanes) is 1. The first-order valence-electron chi connectivity index (χ1n) is 7.23. The molecule has 0 radical (unpaired) electrons. The van der Waals surface area contributed by atoms with Gasteiger partial charge in [0.2, 0.25) is 0 Å². The summed E-state index contributed by atoms with van der Waals surface area (Å²) in [6, 6.07) is 2.91. The van der Waals surface area contributed by atoms with Crippen LogP contribution in [-0.2, 0) is 0 Å². The van der Waals surface area contributed by atoms with Gasteiger partial charge in [0.1, 0.15) is 0 Å². The Bertz CT molecular complexity index is 626. The summed E-state index contributed by atoms with van der Waals surface area (Å²) in [5.74, 6) is 4.58. The summed E-state index contributed by atoms with van der Waals surface area (Å²) in [5, 5.41) is 18.1. The van der Waals surface area contributed by atoms with Crippen LogP contribution in [-0.4, -0.2) is 35.6 Å². The molecule has 0 aromatic heterocycles. The van der Waals surface area contributed by atoms with Gasteiger partial charge in [-0.2, -0.15) is 0 Å². The summed E-state index contributed by atoms with van der Waals surface area (Å²) in [6.07, 6.45) is -0.235. The van der Waals surface area contributed by atoms with E-state index in [1.54, 1.807) is 20.8 Å². The third-order valence-corrected chi connectivity index (χ3v) is 3.07. The highest BCUT2D eigenvalue weighted by atomic mass is 19.1. The van der Waals surface area contributed by atoms with E-state index < -0.39 is 17.4 Å². The molecule has 1 aromatic carbocycles. The number of carboxylic acid groups (broad SMARTS) is 1. The molecule has 23 heavy (non-hydrogen) atoms. The van der Waals surface area contributed by atoms with Crippen LogP contribution in [0.25, 0.3) is 0 Å². The lowest BCUT2D eigenvalue weighted by Gasteiger charge is -2.34. The molecule has 0 bridgehead atoms. The number of anilines is 1. The predicted octanol–water partition coefficient (Wildman–Crippen LogP) is 3.24. The quantitative estimate of drug-likeness (QED) is 0.659. The second-order valence-electron chi connectivity index (χ2n) is 5.90. The van der Waals surface area contributed by atoms with Crippen molar-refractivity contribution in [1.82, 2.24) is 0 Å². The van der Waals surface area contributed by atoms with Crippen LogP contribution in [0.2, 0.25) is 0 Å². The van der Waals surface area contributed by atoms with Gasteiger partial charge in [0.15, 0.2) is 11.6 Å². The number of rotatable bonds is 4. The minimum absolute atomic E-state index is 0.0264. The summed E-state index contributed by atoms with van der Waals surface area (Å²) in [5.41, 5.74) is -0.506. The normalized spacial score (nSPS) is 10.7. The molecule has 1 amide bonds. The molecule has 1 aromatic rings. The van der Waals surface area contributed by atoms with Gasteiger partial charge in [-0.1, -0.05) is 11.8 Å². The van der Waals surface area contributed by atoms with Crippen molar-refractivity contribution in [2.45, 2.75) is 39.2 Å². The van der Waals surface area contributed by atoms with Crippen LogP contribution in [0.15, 0.2) is 12.1 Å². The standard InChI is InChI=1S/C17H22FNO4/c1-17(2,3)19(16(21)22)13-10-9-12(8-6-5-7-11-20)14(18)15(13)23-4/h9-10,20H,5,7,11H2,1-4H3,(H,21,22). The lowest BCUT2D eigenvalue weighted by atomic mass is 10.0.